The molecule has 2 heterocycles. The summed E-state index contributed by atoms with van der Waals surface area (Å²) in [6.07, 6.45) is 2.26. The maximum Gasteiger partial charge on any atom is 0.135 e. The molecule has 0 unspecified atom stereocenters. The zero-order chi connectivity index (χ0) is 17.8. The highest BCUT2D eigenvalue weighted by Crippen LogP contribution is 2.37. The molecular weight excluding hydrogens is 348 g/mol. The Morgan fingerprint density at radius 1 is 0.778 bits per heavy atom. The lowest BCUT2D eigenvalue weighted by Crippen LogP contribution is -1.97. The molecule has 27 heavy (non-hydrogen) atoms. The third-order valence-electron chi connectivity index (χ3n) is 5.80. The van der Waals surface area contributed by atoms with E-state index in [1.807, 2.05) is 0 Å². The first-order valence-corrected chi connectivity index (χ1v) is 10.3. The van der Waals surface area contributed by atoms with Crippen molar-refractivity contribution in [3.8, 4) is 11.3 Å². The molecule has 0 amide bonds. The number of thiophene rings is 1. The van der Waals surface area contributed by atoms with Crippen LogP contribution in [0.25, 0.3) is 32.4 Å². The molecule has 6 rings (SSSR count). The Bertz CT molecular complexity index is 1270. The van der Waals surface area contributed by atoms with Gasteiger partial charge in [-0.3, -0.25) is 0 Å². The predicted molar refractivity (Wildman–Crippen MR) is 114 cm³/mol. The summed E-state index contributed by atoms with van der Waals surface area (Å²) in [5.41, 5.74) is 6.50. The monoisotopic (exact) mass is 366 g/mol. The molecule has 130 valence electrons. The standard InChI is InChI=1S/C25H18OS/c1-2-4-17-12-22(11-16(17)3-1)18-5-6-20-15-24(26-23(20)14-18)19-7-8-25-21(13-19)9-10-27-25/h1-10,13-15,22H,11-12H2. The first-order valence-electron chi connectivity index (χ1n) is 9.41. The Balaban J connectivity index is 1.37. The van der Waals surface area contributed by atoms with Crippen molar-refractivity contribution in [1.29, 1.82) is 0 Å². The van der Waals surface area contributed by atoms with Gasteiger partial charge in [-0.25, -0.2) is 0 Å². The van der Waals surface area contributed by atoms with Crippen LogP contribution in [0.4, 0.5) is 0 Å². The summed E-state index contributed by atoms with van der Waals surface area (Å²) in [5.74, 6) is 1.51. The van der Waals surface area contributed by atoms with Gasteiger partial charge in [-0.1, -0.05) is 36.4 Å². The smallest absolute Gasteiger partial charge is 0.135 e. The second-order valence-corrected chi connectivity index (χ2v) is 8.40. The van der Waals surface area contributed by atoms with E-state index in [0.29, 0.717) is 5.92 Å². The van der Waals surface area contributed by atoms with Crippen molar-refractivity contribution >= 4 is 32.4 Å². The van der Waals surface area contributed by atoms with Crippen molar-refractivity contribution < 1.29 is 4.42 Å². The van der Waals surface area contributed by atoms with Crippen molar-refractivity contribution in [3.63, 3.8) is 0 Å². The fraction of sp³-hybridized carbons (Fsp3) is 0.120. The van der Waals surface area contributed by atoms with Crippen LogP contribution in [-0.4, -0.2) is 0 Å². The van der Waals surface area contributed by atoms with Gasteiger partial charge >= 0.3 is 0 Å². The number of fused-ring (bicyclic) bond motifs is 3. The molecule has 1 aliphatic rings. The van der Waals surface area contributed by atoms with E-state index < -0.39 is 0 Å². The number of rotatable bonds is 2. The van der Waals surface area contributed by atoms with E-state index in [1.165, 1.54) is 32.2 Å². The summed E-state index contributed by atoms with van der Waals surface area (Å²) < 4.78 is 7.58. The van der Waals surface area contributed by atoms with Gasteiger partial charge in [0.25, 0.3) is 0 Å². The van der Waals surface area contributed by atoms with Crippen LogP contribution in [0.1, 0.15) is 22.6 Å². The minimum atomic E-state index is 0.558. The van der Waals surface area contributed by atoms with Crippen molar-refractivity contribution in [1.82, 2.24) is 0 Å². The third-order valence-corrected chi connectivity index (χ3v) is 6.70. The van der Waals surface area contributed by atoms with Gasteiger partial charge < -0.3 is 4.42 Å². The Morgan fingerprint density at radius 2 is 1.63 bits per heavy atom. The van der Waals surface area contributed by atoms with Gasteiger partial charge in [0, 0.05) is 15.6 Å². The van der Waals surface area contributed by atoms with Crippen LogP contribution in [-0.2, 0) is 12.8 Å². The Labute approximate surface area is 161 Å². The summed E-state index contributed by atoms with van der Waals surface area (Å²) in [4.78, 5) is 0. The van der Waals surface area contributed by atoms with Crippen molar-refractivity contribution in [3.05, 3.63) is 94.9 Å². The molecule has 1 nitrogen and oxygen atoms in total. The van der Waals surface area contributed by atoms with E-state index in [4.69, 9.17) is 4.42 Å². The van der Waals surface area contributed by atoms with Crippen LogP contribution in [0.15, 0.2) is 82.6 Å². The van der Waals surface area contributed by atoms with Crippen LogP contribution in [0.2, 0.25) is 0 Å². The maximum atomic E-state index is 6.26. The van der Waals surface area contributed by atoms with Crippen LogP contribution in [0.3, 0.4) is 0 Å². The topological polar surface area (TPSA) is 13.1 Å². The van der Waals surface area contributed by atoms with E-state index in [-0.39, 0.29) is 0 Å². The minimum Gasteiger partial charge on any atom is -0.456 e. The van der Waals surface area contributed by atoms with E-state index in [0.717, 1.165) is 29.7 Å². The molecule has 0 aliphatic heterocycles. The number of hydrogen-bond acceptors (Lipinski definition) is 2. The first-order chi connectivity index (χ1) is 13.3. The molecule has 5 aromatic rings. The molecule has 3 aromatic carbocycles. The average Bonchev–Trinajstić information content (AvgIpc) is 3.42. The Morgan fingerprint density at radius 3 is 2.48 bits per heavy atom. The molecule has 0 saturated heterocycles. The normalized spacial score (nSPS) is 14.2. The molecular formula is C25H18OS. The molecule has 0 spiro atoms. The van der Waals surface area contributed by atoms with Gasteiger partial charge in [0.2, 0.25) is 0 Å². The minimum absolute atomic E-state index is 0.558. The van der Waals surface area contributed by atoms with Gasteiger partial charge in [0.15, 0.2) is 0 Å². The van der Waals surface area contributed by atoms with Crippen molar-refractivity contribution in [2.45, 2.75) is 18.8 Å². The van der Waals surface area contributed by atoms with Gasteiger partial charge in [0.1, 0.15) is 11.3 Å². The van der Waals surface area contributed by atoms with E-state index in [2.05, 4.69) is 78.2 Å². The van der Waals surface area contributed by atoms with Crippen molar-refractivity contribution in [2.24, 2.45) is 0 Å². The highest BCUT2D eigenvalue weighted by Gasteiger charge is 2.23. The van der Waals surface area contributed by atoms with Gasteiger partial charge in [-0.15, -0.1) is 11.3 Å². The molecule has 0 bridgehead atoms. The van der Waals surface area contributed by atoms with Gasteiger partial charge in [-0.05, 0) is 82.6 Å². The van der Waals surface area contributed by atoms with Gasteiger partial charge in [0.05, 0.1) is 0 Å². The summed E-state index contributed by atoms with van der Waals surface area (Å²) in [6, 6.07) is 26.5. The average molecular weight is 366 g/mol. The zero-order valence-corrected chi connectivity index (χ0v) is 15.6. The molecule has 0 N–H and O–H groups in total. The predicted octanol–water partition coefficient (Wildman–Crippen LogP) is 7.20. The highest BCUT2D eigenvalue weighted by molar-refractivity contribution is 7.17. The molecule has 1 aliphatic carbocycles. The summed E-state index contributed by atoms with van der Waals surface area (Å²) in [7, 11) is 0. The second kappa shape index (κ2) is 5.83. The number of furan rings is 1. The molecule has 0 radical (unpaired) electrons. The molecule has 0 fully saturated rings. The van der Waals surface area contributed by atoms with Crippen LogP contribution < -0.4 is 0 Å². The summed E-state index contributed by atoms with van der Waals surface area (Å²) in [6.45, 7) is 0. The van der Waals surface area contributed by atoms with Crippen LogP contribution in [0.5, 0.6) is 0 Å². The summed E-state index contributed by atoms with van der Waals surface area (Å²) in [5, 5.41) is 4.59. The Hall–Kier alpha value is -2.84. The molecule has 0 saturated carbocycles. The van der Waals surface area contributed by atoms with Gasteiger partial charge in [-0.2, -0.15) is 0 Å². The number of benzene rings is 3. The van der Waals surface area contributed by atoms with E-state index >= 15 is 0 Å². The van der Waals surface area contributed by atoms with Crippen LogP contribution in [0, 0.1) is 0 Å². The lowest BCUT2D eigenvalue weighted by Gasteiger charge is -2.09. The quantitative estimate of drug-likeness (QED) is 0.322. The third kappa shape index (κ3) is 2.52. The lowest BCUT2D eigenvalue weighted by atomic mass is 9.95. The van der Waals surface area contributed by atoms with E-state index in [1.54, 1.807) is 11.3 Å². The first kappa shape index (κ1) is 15.2. The zero-order valence-electron chi connectivity index (χ0n) is 14.8. The Kier molecular flexibility index (Phi) is 3.29. The fourth-order valence-corrected chi connectivity index (χ4v) is 5.13. The summed E-state index contributed by atoms with van der Waals surface area (Å²) >= 11 is 1.78. The fourth-order valence-electron chi connectivity index (χ4n) is 4.36. The van der Waals surface area contributed by atoms with Crippen LogP contribution >= 0.6 is 11.3 Å². The molecule has 2 heteroatoms. The molecule has 0 atom stereocenters. The SMILES string of the molecule is c1ccc2c(c1)CC(c1ccc3cc(-c4ccc5sccc5c4)oc3c1)C2. The molecule has 2 aromatic heterocycles. The second-order valence-electron chi connectivity index (χ2n) is 7.46. The lowest BCUT2D eigenvalue weighted by molar-refractivity contribution is 0.629. The maximum absolute atomic E-state index is 6.26. The highest BCUT2D eigenvalue weighted by atomic mass is 32.1. The number of hydrogen-bond donors (Lipinski definition) is 0. The largest absolute Gasteiger partial charge is 0.456 e. The van der Waals surface area contributed by atoms with Crippen molar-refractivity contribution in [2.75, 3.05) is 0 Å². The van der Waals surface area contributed by atoms with E-state index in [9.17, 15) is 0 Å².